The molecule has 0 bridgehead atoms. The molecule has 22 heavy (non-hydrogen) atoms. The molecule has 0 saturated carbocycles. The van der Waals surface area contributed by atoms with Gasteiger partial charge < -0.3 is 5.73 Å². The molecule has 116 valence electrons. The van der Waals surface area contributed by atoms with Crippen LogP contribution in [0.15, 0.2) is 54.6 Å². The lowest BCUT2D eigenvalue weighted by molar-refractivity contribution is -0.119. The lowest BCUT2D eigenvalue weighted by atomic mass is 9.84. The topological polar surface area (TPSA) is 43.1 Å². The molecule has 0 aliphatic rings. The Morgan fingerprint density at radius 2 is 1.59 bits per heavy atom. The summed E-state index contributed by atoms with van der Waals surface area (Å²) in [6.45, 7) is 6.55. The molecular weight excluding hydrogens is 270 g/mol. The maximum atomic E-state index is 11.8. The predicted molar refractivity (Wildman–Crippen MR) is 91.8 cm³/mol. The Morgan fingerprint density at radius 1 is 1.00 bits per heavy atom. The van der Waals surface area contributed by atoms with E-state index in [0.717, 1.165) is 18.4 Å². The van der Waals surface area contributed by atoms with Crippen LogP contribution in [0.3, 0.4) is 0 Å². The van der Waals surface area contributed by atoms with Gasteiger partial charge in [0, 0.05) is 0 Å². The molecule has 0 spiro atoms. The maximum Gasteiger partial charge on any atom is 0.224 e. The highest BCUT2D eigenvalue weighted by atomic mass is 16.1. The first-order valence-corrected chi connectivity index (χ1v) is 7.81. The molecule has 1 amide bonds. The van der Waals surface area contributed by atoms with Crippen LogP contribution < -0.4 is 5.73 Å². The summed E-state index contributed by atoms with van der Waals surface area (Å²) >= 11 is 0. The van der Waals surface area contributed by atoms with Gasteiger partial charge in [0.05, 0.1) is 5.92 Å². The zero-order valence-corrected chi connectivity index (χ0v) is 13.7. The van der Waals surface area contributed by atoms with E-state index in [9.17, 15) is 4.79 Å². The van der Waals surface area contributed by atoms with E-state index in [1.807, 2.05) is 30.3 Å². The molecule has 2 nitrogen and oxygen atoms in total. The third kappa shape index (κ3) is 4.20. The van der Waals surface area contributed by atoms with Gasteiger partial charge in [0.1, 0.15) is 0 Å². The number of hydrogen-bond donors (Lipinski definition) is 1. The SMILES string of the molecule is CC(C)(C)c1ccc(C(CCc2ccccc2)C(N)=O)cc1. The summed E-state index contributed by atoms with van der Waals surface area (Å²) in [5.41, 5.74) is 9.25. The van der Waals surface area contributed by atoms with Crippen LogP contribution in [0.4, 0.5) is 0 Å². The van der Waals surface area contributed by atoms with Crippen LogP contribution in [0.1, 0.15) is 49.8 Å². The van der Waals surface area contributed by atoms with Gasteiger partial charge in [0.15, 0.2) is 0 Å². The highest BCUT2D eigenvalue weighted by Crippen LogP contribution is 2.26. The first kappa shape index (κ1) is 16.3. The zero-order valence-electron chi connectivity index (χ0n) is 13.7. The Balaban J connectivity index is 2.13. The van der Waals surface area contributed by atoms with E-state index in [-0.39, 0.29) is 17.2 Å². The van der Waals surface area contributed by atoms with Crippen molar-refractivity contribution in [2.24, 2.45) is 5.73 Å². The molecule has 1 atom stereocenters. The molecule has 2 N–H and O–H groups in total. The third-order valence-corrected chi connectivity index (χ3v) is 4.09. The van der Waals surface area contributed by atoms with Crippen molar-refractivity contribution in [1.82, 2.24) is 0 Å². The highest BCUT2D eigenvalue weighted by Gasteiger charge is 2.19. The van der Waals surface area contributed by atoms with Gasteiger partial charge in [-0.1, -0.05) is 75.4 Å². The van der Waals surface area contributed by atoms with Crippen LogP contribution in [0.2, 0.25) is 0 Å². The normalized spacial score (nSPS) is 12.9. The molecule has 2 rings (SSSR count). The first-order valence-electron chi connectivity index (χ1n) is 7.81. The standard InChI is InChI=1S/C20H25NO/c1-20(2,3)17-12-10-16(11-13-17)18(19(21)22)14-9-15-7-5-4-6-8-15/h4-8,10-13,18H,9,14H2,1-3H3,(H2,21,22). The molecule has 1 unspecified atom stereocenters. The van der Waals surface area contributed by atoms with Crippen LogP contribution in [-0.4, -0.2) is 5.91 Å². The van der Waals surface area contributed by atoms with Crippen LogP contribution in [0.5, 0.6) is 0 Å². The summed E-state index contributed by atoms with van der Waals surface area (Å²) in [7, 11) is 0. The van der Waals surface area contributed by atoms with E-state index >= 15 is 0 Å². The molecule has 0 heterocycles. The van der Waals surface area contributed by atoms with Gasteiger partial charge in [-0.05, 0) is 34.9 Å². The minimum atomic E-state index is -0.251. The molecule has 2 aromatic carbocycles. The molecule has 0 aliphatic heterocycles. The highest BCUT2D eigenvalue weighted by molar-refractivity contribution is 5.81. The summed E-state index contributed by atoms with van der Waals surface area (Å²) in [6.07, 6.45) is 1.60. The van der Waals surface area contributed by atoms with Gasteiger partial charge in [-0.15, -0.1) is 0 Å². The van der Waals surface area contributed by atoms with Crippen molar-refractivity contribution in [3.63, 3.8) is 0 Å². The average molecular weight is 295 g/mol. The molecule has 2 aromatic rings. The Bertz CT molecular complexity index is 608. The number of carbonyl (C=O) groups excluding carboxylic acids is 1. The second-order valence-corrected chi connectivity index (χ2v) is 6.85. The number of primary amides is 1. The predicted octanol–water partition coefficient (Wildman–Crippen LogP) is 4.19. The Labute approximate surface area is 133 Å². The van der Waals surface area contributed by atoms with Crippen molar-refractivity contribution in [1.29, 1.82) is 0 Å². The van der Waals surface area contributed by atoms with Gasteiger partial charge in [0.25, 0.3) is 0 Å². The number of rotatable bonds is 5. The minimum absolute atomic E-state index is 0.116. The Kier molecular flexibility index (Phi) is 5.02. The minimum Gasteiger partial charge on any atom is -0.369 e. The monoisotopic (exact) mass is 295 g/mol. The fraction of sp³-hybridized carbons (Fsp3) is 0.350. The molecule has 0 aromatic heterocycles. The molecule has 0 radical (unpaired) electrons. The number of aryl methyl sites for hydroxylation is 1. The van der Waals surface area contributed by atoms with E-state index in [1.165, 1.54) is 11.1 Å². The number of hydrogen-bond acceptors (Lipinski definition) is 1. The van der Waals surface area contributed by atoms with Gasteiger partial charge in [-0.25, -0.2) is 0 Å². The Hall–Kier alpha value is -2.09. The summed E-state index contributed by atoms with van der Waals surface area (Å²) < 4.78 is 0. The average Bonchev–Trinajstić information content (AvgIpc) is 2.48. The van der Waals surface area contributed by atoms with Crippen molar-refractivity contribution in [2.45, 2.75) is 44.9 Å². The molecular formula is C20H25NO. The summed E-state index contributed by atoms with van der Waals surface area (Å²) in [4.78, 5) is 11.8. The zero-order chi connectivity index (χ0) is 16.2. The van der Waals surface area contributed by atoms with E-state index in [4.69, 9.17) is 5.73 Å². The van der Waals surface area contributed by atoms with Crippen molar-refractivity contribution in [3.05, 3.63) is 71.3 Å². The van der Waals surface area contributed by atoms with Gasteiger partial charge in [0.2, 0.25) is 5.91 Å². The maximum absolute atomic E-state index is 11.8. The fourth-order valence-electron chi connectivity index (χ4n) is 2.64. The van der Waals surface area contributed by atoms with E-state index in [0.29, 0.717) is 0 Å². The molecule has 2 heteroatoms. The lowest BCUT2D eigenvalue weighted by Crippen LogP contribution is -2.22. The second kappa shape index (κ2) is 6.78. The first-order chi connectivity index (χ1) is 10.4. The number of benzene rings is 2. The third-order valence-electron chi connectivity index (χ3n) is 4.09. The van der Waals surface area contributed by atoms with Crippen molar-refractivity contribution >= 4 is 5.91 Å². The van der Waals surface area contributed by atoms with Crippen molar-refractivity contribution in [2.75, 3.05) is 0 Å². The molecule has 0 fully saturated rings. The van der Waals surface area contributed by atoms with Crippen LogP contribution >= 0.6 is 0 Å². The number of carbonyl (C=O) groups is 1. The second-order valence-electron chi connectivity index (χ2n) is 6.85. The molecule has 0 aliphatic carbocycles. The summed E-state index contributed by atoms with van der Waals surface area (Å²) in [6, 6.07) is 18.5. The number of amides is 1. The largest absolute Gasteiger partial charge is 0.369 e. The van der Waals surface area contributed by atoms with Crippen LogP contribution in [-0.2, 0) is 16.6 Å². The summed E-state index contributed by atoms with van der Waals surface area (Å²) in [5, 5.41) is 0. The fourth-order valence-corrected chi connectivity index (χ4v) is 2.64. The quantitative estimate of drug-likeness (QED) is 0.883. The smallest absolute Gasteiger partial charge is 0.224 e. The van der Waals surface area contributed by atoms with Crippen molar-refractivity contribution < 1.29 is 4.79 Å². The molecule has 0 saturated heterocycles. The number of nitrogens with two attached hydrogens (primary N) is 1. The van der Waals surface area contributed by atoms with Gasteiger partial charge in [-0.2, -0.15) is 0 Å². The van der Waals surface area contributed by atoms with Crippen molar-refractivity contribution in [3.8, 4) is 0 Å². The van der Waals surface area contributed by atoms with Crippen LogP contribution in [0, 0.1) is 0 Å². The van der Waals surface area contributed by atoms with E-state index in [2.05, 4.69) is 45.0 Å². The van der Waals surface area contributed by atoms with E-state index < -0.39 is 0 Å². The summed E-state index contributed by atoms with van der Waals surface area (Å²) in [5.74, 6) is -0.478. The Morgan fingerprint density at radius 3 is 2.09 bits per heavy atom. The van der Waals surface area contributed by atoms with Crippen LogP contribution in [0.25, 0.3) is 0 Å². The van der Waals surface area contributed by atoms with Gasteiger partial charge >= 0.3 is 0 Å². The van der Waals surface area contributed by atoms with Gasteiger partial charge in [-0.3, -0.25) is 4.79 Å². The van der Waals surface area contributed by atoms with E-state index in [1.54, 1.807) is 0 Å². The lowest BCUT2D eigenvalue weighted by Gasteiger charge is -2.20.